The van der Waals surface area contributed by atoms with Crippen molar-refractivity contribution in [2.24, 2.45) is 23.7 Å². The molecule has 0 spiro atoms. The summed E-state index contributed by atoms with van der Waals surface area (Å²) in [6, 6.07) is 9.92. The van der Waals surface area contributed by atoms with Crippen molar-refractivity contribution in [3.05, 3.63) is 35.9 Å². The number of benzene rings is 1. The van der Waals surface area contributed by atoms with Crippen LogP contribution >= 0.6 is 11.6 Å². The highest BCUT2D eigenvalue weighted by atomic mass is 35.5. The van der Waals surface area contributed by atoms with Gasteiger partial charge in [0, 0.05) is 19.4 Å². The van der Waals surface area contributed by atoms with E-state index in [1.54, 1.807) is 0 Å². The zero-order valence-electron chi connectivity index (χ0n) is 14.8. The molecule has 26 heavy (non-hydrogen) atoms. The lowest BCUT2D eigenvalue weighted by atomic mass is 9.76. The Balaban J connectivity index is 1.61. The third-order valence-corrected chi connectivity index (χ3v) is 6.12. The van der Waals surface area contributed by atoms with Crippen molar-refractivity contribution in [1.29, 1.82) is 0 Å². The number of nitrogens with one attached hydrogen (secondary N) is 1. The molecular formula is C20H26ClF2NO2. The monoisotopic (exact) mass is 385 g/mol. The van der Waals surface area contributed by atoms with E-state index in [0.717, 1.165) is 12.0 Å². The molecule has 1 N–H and O–H groups in total. The van der Waals surface area contributed by atoms with Crippen LogP contribution in [-0.4, -0.2) is 30.9 Å². The molecule has 3 nitrogen and oxygen atoms in total. The first-order valence-corrected chi connectivity index (χ1v) is 9.84. The quantitative estimate of drug-likeness (QED) is 0.713. The number of amides is 1. The Hall–Kier alpha value is -1.20. The lowest BCUT2D eigenvalue weighted by Crippen LogP contribution is -2.35. The van der Waals surface area contributed by atoms with Crippen LogP contribution in [0.15, 0.2) is 30.3 Å². The number of fused-ring (bicyclic) bond motifs is 1. The number of carbonyl (C=O) groups excluding carboxylic acids is 1. The van der Waals surface area contributed by atoms with Crippen LogP contribution in [-0.2, 0) is 16.1 Å². The Morgan fingerprint density at radius 3 is 2.81 bits per heavy atom. The number of ether oxygens (including phenoxy) is 1. The van der Waals surface area contributed by atoms with Gasteiger partial charge in [-0.3, -0.25) is 4.79 Å². The molecule has 2 aliphatic rings. The van der Waals surface area contributed by atoms with Gasteiger partial charge in [0.05, 0.1) is 13.2 Å². The lowest BCUT2D eigenvalue weighted by molar-refractivity contribution is -0.119. The topological polar surface area (TPSA) is 38.3 Å². The average molecular weight is 386 g/mol. The molecule has 3 rings (SSSR count). The first-order valence-electron chi connectivity index (χ1n) is 9.30. The molecule has 4 atom stereocenters. The molecule has 6 heteroatoms. The van der Waals surface area contributed by atoms with E-state index in [1.807, 2.05) is 30.3 Å². The number of rotatable bonds is 7. The molecule has 0 radical (unpaired) electrons. The fourth-order valence-corrected chi connectivity index (χ4v) is 4.75. The zero-order chi connectivity index (χ0) is 18.6. The SMILES string of the molecule is O=C(CCl)NCC1C[C@H]2CC(F)(F)CC[C@H]2[C@@H]1COCc1ccccc1. The first kappa shape index (κ1) is 19.6. The van der Waals surface area contributed by atoms with E-state index in [0.29, 0.717) is 26.2 Å². The van der Waals surface area contributed by atoms with E-state index in [9.17, 15) is 13.6 Å². The molecule has 2 fully saturated rings. The summed E-state index contributed by atoms with van der Waals surface area (Å²) in [7, 11) is 0. The maximum absolute atomic E-state index is 13.8. The second-order valence-electron chi connectivity index (χ2n) is 7.62. The molecule has 2 aliphatic carbocycles. The van der Waals surface area contributed by atoms with E-state index >= 15 is 0 Å². The summed E-state index contributed by atoms with van der Waals surface area (Å²) in [5.41, 5.74) is 1.10. The number of alkyl halides is 3. The second kappa shape index (κ2) is 8.66. The maximum Gasteiger partial charge on any atom is 0.248 e. The normalized spacial score (nSPS) is 30.0. The van der Waals surface area contributed by atoms with E-state index in [1.165, 1.54) is 0 Å². The Bertz CT molecular complexity index is 599. The van der Waals surface area contributed by atoms with Gasteiger partial charge < -0.3 is 10.1 Å². The van der Waals surface area contributed by atoms with Gasteiger partial charge >= 0.3 is 0 Å². The fourth-order valence-electron chi connectivity index (χ4n) is 4.66. The Labute approximate surface area is 158 Å². The van der Waals surface area contributed by atoms with Gasteiger partial charge in [0.2, 0.25) is 11.8 Å². The summed E-state index contributed by atoms with van der Waals surface area (Å²) in [5.74, 6) is -2.20. The van der Waals surface area contributed by atoms with Crippen molar-refractivity contribution in [3.8, 4) is 0 Å². The van der Waals surface area contributed by atoms with Gasteiger partial charge in [-0.05, 0) is 42.1 Å². The fraction of sp³-hybridized carbons (Fsp3) is 0.650. The van der Waals surface area contributed by atoms with Gasteiger partial charge in [-0.25, -0.2) is 8.78 Å². The van der Waals surface area contributed by atoms with Gasteiger partial charge in [-0.15, -0.1) is 11.6 Å². The largest absolute Gasteiger partial charge is 0.376 e. The van der Waals surface area contributed by atoms with E-state index < -0.39 is 5.92 Å². The van der Waals surface area contributed by atoms with Gasteiger partial charge in [0.1, 0.15) is 5.88 Å². The molecule has 144 valence electrons. The molecule has 0 aromatic heterocycles. The standard InChI is InChI=1S/C20H26ClF2NO2/c21-10-19(25)24-11-16-8-15-9-20(22,23)7-6-17(15)18(16)13-26-12-14-4-2-1-3-5-14/h1-5,15-18H,6-13H2,(H,24,25)/t15-,16?,17+,18+/m0/s1. The van der Waals surface area contributed by atoms with Crippen LogP contribution in [0.2, 0.25) is 0 Å². The van der Waals surface area contributed by atoms with Crippen molar-refractivity contribution >= 4 is 17.5 Å². The summed E-state index contributed by atoms with van der Waals surface area (Å²) in [4.78, 5) is 11.5. The lowest BCUT2D eigenvalue weighted by Gasteiger charge is -2.34. The molecule has 1 aromatic rings. The Morgan fingerprint density at radius 1 is 1.31 bits per heavy atom. The summed E-state index contributed by atoms with van der Waals surface area (Å²) >= 11 is 5.55. The van der Waals surface area contributed by atoms with Crippen LogP contribution in [0.3, 0.4) is 0 Å². The third-order valence-electron chi connectivity index (χ3n) is 5.88. The molecule has 1 aromatic carbocycles. The van der Waals surface area contributed by atoms with Crippen molar-refractivity contribution in [1.82, 2.24) is 5.32 Å². The highest BCUT2D eigenvalue weighted by Crippen LogP contribution is 2.52. The summed E-state index contributed by atoms with van der Waals surface area (Å²) in [5, 5.41) is 2.83. The summed E-state index contributed by atoms with van der Waals surface area (Å²) < 4.78 is 33.6. The Kier molecular flexibility index (Phi) is 6.51. The van der Waals surface area contributed by atoms with Crippen molar-refractivity contribution < 1.29 is 18.3 Å². The number of carbonyl (C=O) groups is 1. The first-order chi connectivity index (χ1) is 12.5. The predicted octanol–water partition coefficient (Wildman–Crippen LogP) is 4.25. The van der Waals surface area contributed by atoms with Gasteiger partial charge in [0.25, 0.3) is 0 Å². The minimum Gasteiger partial charge on any atom is -0.376 e. The van der Waals surface area contributed by atoms with Crippen LogP contribution in [0.4, 0.5) is 8.78 Å². The minimum atomic E-state index is -2.55. The zero-order valence-corrected chi connectivity index (χ0v) is 15.6. The highest BCUT2D eigenvalue weighted by molar-refractivity contribution is 6.27. The van der Waals surface area contributed by atoms with Crippen molar-refractivity contribution in [2.75, 3.05) is 19.0 Å². The maximum atomic E-state index is 13.8. The van der Waals surface area contributed by atoms with Gasteiger partial charge in [0.15, 0.2) is 0 Å². The van der Waals surface area contributed by atoms with E-state index in [4.69, 9.17) is 16.3 Å². The predicted molar refractivity (Wildman–Crippen MR) is 97.2 cm³/mol. The molecule has 1 unspecified atom stereocenters. The number of hydrogen-bond donors (Lipinski definition) is 1. The van der Waals surface area contributed by atoms with E-state index in [-0.39, 0.29) is 48.3 Å². The smallest absolute Gasteiger partial charge is 0.248 e. The molecule has 0 bridgehead atoms. The number of halogens is 3. The average Bonchev–Trinajstić information content (AvgIpc) is 2.96. The third kappa shape index (κ3) is 4.95. The molecule has 0 aliphatic heterocycles. The highest BCUT2D eigenvalue weighted by Gasteiger charge is 2.50. The number of hydrogen-bond acceptors (Lipinski definition) is 2. The van der Waals surface area contributed by atoms with Crippen molar-refractivity contribution in [2.45, 2.75) is 38.2 Å². The molecule has 0 saturated heterocycles. The van der Waals surface area contributed by atoms with Gasteiger partial charge in [-0.2, -0.15) is 0 Å². The van der Waals surface area contributed by atoms with Crippen LogP contribution in [0.1, 0.15) is 31.2 Å². The van der Waals surface area contributed by atoms with Crippen LogP contribution in [0.5, 0.6) is 0 Å². The van der Waals surface area contributed by atoms with Crippen molar-refractivity contribution in [3.63, 3.8) is 0 Å². The van der Waals surface area contributed by atoms with Gasteiger partial charge in [-0.1, -0.05) is 30.3 Å². The molecular weight excluding hydrogens is 360 g/mol. The second-order valence-corrected chi connectivity index (χ2v) is 7.89. The summed E-state index contributed by atoms with van der Waals surface area (Å²) in [6.45, 7) is 1.55. The molecule has 0 heterocycles. The molecule has 1 amide bonds. The van der Waals surface area contributed by atoms with E-state index in [2.05, 4.69) is 5.32 Å². The van der Waals surface area contributed by atoms with Crippen LogP contribution in [0, 0.1) is 23.7 Å². The molecule has 2 saturated carbocycles. The van der Waals surface area contributed by atoms with Crippen LogP contribution in [0.25, 0.3) is 0 Å². The summed E-state index contributed by atoms with van der Waals surface area (Å²) in [6.07, 6.45) is 1.19. The minimum absolute atomic E-state index is 0.0157. The van der Waals surface area contributed by atoms with Crippen LogP contribution < -0.4 is 5.32 Å². The Morgan fingerprint density at radius 2 is 2.08 bits per heavy atom.